The molecule has 0 aliphatic rings. The van der Waals surface area contributed by atoms with Crippen LogP contribution in [0.1, 0.15) is 19.5 Å². The van der Waals surface area contributed by atoms with E-state index in [1.54, 1.807) is 13.8 Å². The van der Waals surface area contributed by atoms with E-state index in [4.69, 9.17) is 5.14 Å². The lowest BCUT2D eigenvalue weighted by atomic mass is 10.1. The van der Waals surface area contributed by atoms with Crippen molar-refractivity contribution in [1.82, 2.24) is 9.78 Å². The maximum absolute atomic E-state index is 12.9. The van der Waals surface area contributed by atoms with Gasteiger partial charge in [0.25, 0.3) is 0 Å². The van der Waals surface area contributed by atoms with Gasteiger partial charge in [0.1, 0.15) is 22.4 Å². The number of hydrogen-bond acceptors (Lipinski definition) is 3. The molecule has 0 amide bonds. The molecule has 0 radical (unpaired) electrons. The summed E-state index contributed by atoms with van der Waals surface area (Å²) < 4.78 is 25.6. The van der Waals surface area contributed by atoms with Gasteiger partial charge >= 0.3 is 0 Å². The van der Waals surface area contributed by atoms with Crippen molar-refractivity contribution in [3.63, 3.8) is 0 Å². The highest BCUT2D eigenvalue weighted by molar-refractivity contribution is 7.82. The van der Waals surface area contributed by atoms with E-state index in [1.807, 2.05) is 0 Å². The van der Waals surface area contributed by atoms with Gasteiger partial charge in [0.2, 0.25) is 0 Å². The number of benzene rings is 1. The molecule has 1 aromatic carbocycles. The van der Waals surface area contributed by atoms with E-state index in [9.17, 15) is 13.7 Å². The van der Waals surface area contributed by atoms with Crippen molar-refractivity contribution in [3.8, 4) is 5.69 Å². The van der Waals surface area contributed by atoms with Crippen LogP contribution in [0.5, 0.6) is 0 Å². The zero-order chi connectivity index (χ0) is 14.2. The van der Waals surface area contributed by atoms with Gasteiger partial charge in [0, 0.05) is 6.07 Å². The van der Waals surface area contributed by atoms with Crippen molar-refractivity contribution in [3.05, 3.63) is 41.8 Å². The normalized spacial score (nSPS) is 13.5. The predicted molar refractivity (Wildman–Crippen MR) is 69.4 cm³/mol. The molecule has 0 saturated carbocycles. The fourth-order valence-corrected chi connectivity index (χ4v) is 2.06. The number of nitrogens with zero attached hydrogens (tertiary/aromatic N) is 2. The van der Waals surface area contributed by atoms with Crippen LogP contribution < -0.4 is 5.14 Å². The molecule has 1 unspecified atom stereocenters. The van der Waals surface area contributed by atoms with E-state index in [2.05, 4.69) is 5.10 Å². The SMILES string of the molecule is CC(C)(O)c1cc(S(N)=O)nn1-c1ccc(F)cc1. The topological polar surface area (TPSA) is 81.1 Å². The Labute approximate surface area is 112 Å². The number of halogens is 1. The average molecular weight is 283 g/mol. The van der Waals surface area contributed by atoms with Crippen molar-refractivity contribution >= 4 is 11.0 Å². The standard InChI is InChI=1S/C12H14FN3O2S/c1-12(2,17)10-7-11(19(14)18)15-16(10)9-5-3-8(13)4-6-9/h3-7,17H,14H2,1-2H3. The third-order valence-electron chi connectivity index (χ3n) is 2.59. The minimum absolute atomic E-state index is 0.154. The summed E-state index contributed by atoms with van der Waals surface area (Å²) in [5.41, 5.74) is -0.220. The van der Waals surface area contributed by atoms with E-state index in [1.165, 1.54) is 35.0 Å². The summed E-state index contributed by atoms with van der Waals surface area (Å²) in [7, 11) is -1.75. The van der Waals surface area contributed by atoms with Gasteiger partial charge in [0.15, 0.2) is 5.03 Å². The summed E-state index contributed by atoms with van der Waals surface area (Å²) in [6.07, 6.45) is 0. The molecule has 3 N–H and O–H groups in total. The Bertz CT molecular complexity index is 617. The van der Waals surface area contributed by atoms with Crippen molar-refractivity contribution in [2.45, 2.75) is 24.5 Å². The summed E-state index contributed by atoms with van der Waals surface area (Å²) >= 11 is 0. The van der Waals surface area contributed by atoms with Gasteiger partial charge in [-0.15, -0.1) is 0 Å². The van der Waals surface area contributed by atoms with Crippen molar-refractivity contribution in [2.24, 2.45) is 5.14 Å². The van der Waals surface area contributed by atoms with E-state index in [0.29, 0.717) is 11.4 Å². The largest absolute Gasteiger partial charge is 0.384 e. The summed E-state index contributed by atoms with van der Waals surface area (Å²) in [5, 5.41) is 19.6. The summed E-state index contributed by atoms with van der Waals surface area (Å²) in [5.74, 6) is -0.372. The number of aliphatic hydroxyl groups is 1. The fourth-order valence-electron chi connectivity index (χ4n) is 1.67. The Morgan fingerprint density at radius 3 is 2.42 bits per heavy atom. The van der Waals surface area contributed by atoms with Gasteiger partial charge in [-0.3, -0.25) is 0 Å². The maximum atomic E-state index is 12.9. The number of nitrogens with two attached hydrogens (primary N) is 1. The minimum Gasteiger partial charge on any atom is -0.384 e. The van der Waals surface area contributed by atoms with Gasteiger partial charge in [-0.25, -0.2) is 18.4 Å². The summed E-state index contributed by atoms with van der Waals surface area (Å²) in [6, 6.07) is 7.07. The van der Waals surface area contributed by atoms with Crippen molar-refractivity contribution in [2.75, 3.05) is 0 Å². The zero-order valence-corrected chi connectivity index (χ0v) is 11.3. The van der Waals surface area contributed by atoms with Crippen LogP contribution in [0.25, 0.3) is 5.69 Å². The first-order valence-corrected chi connectivity index (χ1v) is 6.75. The Balaban J connectivity index is 2.61. The fraction of sp³-hybridized carbons (Fsp3) is 0.250. The smallest absolute Gasteiger partial charge is 0.165 e. The maximum Gasteiger partial charge on any atom is 0.165 e. The van der Waals surface area contributed by atoms with Crippen LogP contribution in [0.2, 0.25) is 0 Å². The van der Waals surface area contributed by atoms with Crippen LogP contribution in [0.3, 0.4) is 0 Å². The molecule has 2 rings (SSSR count). The molecule has 0 aliphatic heterocycles. The van der Waals surface area contributed by atoms with Crippen LogP contribution in [0, 0.1) is 5.82 Å². The van der Waals surface area contributed by atoms with Gasteiger partial charge < -0.3 is 5.11 Å². The van der Waals surface area contributed by atoms with Crippen molar-refractivity contribution in [1.29, 1.82) is 0 Å². The number of rotatable bonds is 3. The lowest BCUT2D eigenvalue weighted by Crippen LogP contribution is -2.20. The van der Waals surface area contributed by atoms with E-state index < -0.39 is 16.6 Å². The van der Waals surface area contributed by atoms with Crippen molar-refractivity contribution < 1.29 is 13.7 Å². The minimum atomic E-state index is -1.75. The van der Waals surface area contributed by atoms with Gasteiger partial charge in [-0.05, 0) is 38.1 Å². The third-order valence-corrected chi connectivity index (χ3v) is 3.20. The Morgan fingerprint density at radius 2 is 1.95 bits per heavy atom. The Hall–Kier alpha value is -1.57. The van der Waals surface area contributed by atoms with E-state index in [0.717, 1.165) is 0 Å². The Kier molecular flexibility index (Phi) is 3.53. The first-order valence-electron chi connectivity index (χ1n) is 5.54. The molecule has 1 aromatic heterocycles. The predicted octanol–water partition coefficient (Wildman–Crippen LogP) is 1.22. The molecule has 1 heterocycles. The molecule has 0 fully saturated rings. The molecule has 0 saturated heterocycles. The highest BCUT2D eigenvalue weighted by Crippen LogP contribution is 2.24. The van der Waals surface area contributed by atoms with Gasteiger partial charge in [0.05, 0.1) is 11.4 Å². The first-order chi connectivity index (χ1) is 8.79. The van der Waals surface area contributed by atoms with E-state index in [-0.39, 0.29) is 10.8 Å². The summed E-state index contributed by atoms with van der Waals surface area (Å²) in [4.78, 5) is 0. The van der Waals surface area contributed by atoms with Crippen LogP contribution >= 0.6 is 0 Å². The molecular weight excluding hydrogens is 269 g/mol. The molecule has 7 heteroatoms. The highest BCUT2D eigenvalue weighted by atomic mass is 32.2. The summed E-state index contributed by atoms with van der Waals surface area (Å²) in [6.45, 7) is 3.15. The number of aromatic nitrogens is 2. The molecule has 0 aliphatic carbocycles. The molecular formula is C12H14FN3O2S. The second-order valence-electron chi connectivity index (χ2n) is 4.61. The molecule has 19 heavy (non-hydrogen) atoms. The molecule has 1 atom stereocenters. The second-order valence-corrected chi connectivity index (χ2v) is 5.63. The third kappa shape index (κ3) is 2.89. The zero-order valence-electron chi connectivity index (χ0n) is 10.5. The molecule has 0 spiro atoms. The van der Waals surface area contributed by atoms with E-state index >= 15 is 0 Å². The van der Waals surface area contributed by atoms with Crippen LogP contribution in [-0.2, 0) is 16.6 Å². The second kappa shape index (κ2) is 4.84. The molecule has 2 aromatic rings. The monoisotopic (exact) mass is 283 g/mol. The first kappa shape index (κ1) is 13.9. The van der Waals surface area contributed by atoms with Crippen LogP contribution in [0.15, 0.2) is 35.4 Å². The quantitative estimate of drug-likeness (QED) is 0.888. The van der Waals surface area contributed by atoms with Crippen LogP contribution in [0.4, 0.5) is 4.39 Å². The Morgan fingerprint density at radius 1 is 1.37 bits per heavy atom. The average Bonchev–Trinajstić information content (AvgIpc) is 2.74. The molecule has 5 nitrogen and oxygen atoms in total. The van der Waals surface area contributed by atoms with Crippen LogP contribution in [-0.4, -0.2) is 19.1 Å². The van der Waals surface area contributed by atoms with Gasteiger partial charge in [-0.1, -0.05) is 0 Å². The molecule has 102 valence electrons. The highest BCUT2D eigenvalue weighted by Gasteiger charge is 2.24. The van der Waals surface area contributed by atoms with Gasteiger partial charge in [-0.2, -0.15) is 5.10 Å². The number of hydrogen-bond donors (Lipinski definition) is 2. The lowest BCUT2D eigenvalue weighted by molar-refractivity contribution is 0.0711. The lowest BCUT2D eigenvalue weighted by Gasteiger charge is -2.18. The molecule has 0 bridgehead atoms.